The summed E-state index contributed by atoms with van der Waals surface area (Å²) in [5, 5.41) is 10.5. The minimum absolute atomic E-state index is 0.199. The zero-order valence-electron chi connectivity index (χ0n) is 8.40. The molecule has 0 spiro atoms. The van der Waals surface area contributed by atoms with Crippen LogP contribution < -0.4 is 0 Å². The first-order valence-electron chi connectivity index (χ1n) is 5.10. The second kappa shape index (κ2) is 3.75. The van der Waals surface area contributed by atoms with Gasteiger partial charge in [0.15, 0.2) is 0 Å². The van der Waals surface area contributed by atoms with Crippen LogP contribution in [0.15, 0.2) is 23.0 Å². The van der Waals surface area contributed by atoms with E-state index in [9.17, 15) is 5.11 Å². The molecule has 2 rings (SSSR count). The summed E-state index contributed by atoms with van der Waals surface area (Å²) in [4.78, 5) is 0. The van der Waals surface area contributed by atoms with Crippen LogP contribution >= 0.6 is 0 Å². The van der Waals surface area contributed by atoms with E-state index in [0.717, 1.165) is 18.6 Å². The van der Waals surface area contributed by atoms with Crippen molar-refractivity contribution >= 4 is 0 Å². The molecule has 0 aromatic carbocycles. The number of aliphatic hydroxyl groups is 1. The molecule has 1 aliphatic heterocycles. The van der Waals surface area contributed by atoms with Crippen molar-refractivity contribution in [1.29, 1.82) is 0 Å². The Morgan fingerprint density at radius 3 is 3.00 bits per heavy atom. The van der Waals surface area contributed by atoms with E-state index in [2.05, 4.69) is 0 Å². The second-order valence-corrected chi connectivity index (χ2v) is 3.85. The van der Waals surface area contributed by atoms with Gasteiger partial charge in [-0.3, -0.25) is 0 Å². The van der Waals surface area contributed by atoms with Gasteiger partial charge in [-0.25, -0.2) is 0 Å². The maximum Gasteiger partial charge on any atom is 0.0975 e. The minimum atomic E-state index is -0.774. The van der Waals surface area contributed by atoms with Gasteiger partial charge in [-0.1, -0.05) is 6.92 Å². The molecule has 1 N–H and O–H groups in total. The van der Waals surface area contributed by atoms with Crippen LogP contribution in [0.25, 0.3) is 0 Å². The Bertz CT molecular complexity index is 275. The Labute approximate surface area is 83.7 Å². The third-order valence-corrected chi connectivity index (χ3v) is 3.17. The molecule has 2 unspecified atom stereocenters. The fourth-order valence-electron chi connectivity index (χ4n) is 2.15. The summed E-state index contributed by atoms with van der Waals surface area (Å²) >= 11 is 0. The highest BCUT2D eigenvalue weighted by atomic mass is 16.5. The van der Waals surface area contributed by atoms with Crippen molar-refractivity contribution in [2.24, 2.45) is 5.92 Å². The lowest BCUT2D eigenvalue weighted by atomic mass is 9.80. The van der Waals surface area contributed by atoms with Gasteiger partial charge in [0, 0.05) is 18.1 Å². The van der Waals surface area contributed by atoms with Crippen molar-refractivity contribution in [2.75, 3.05) is 13.2 Å². The SMILES string of the molecule is CCC(O)(c1ccoc1)C1CCOC1. The molecule has 0 saturated carbocycles. The van der Waals surface area contributed by atoms with Gasteiger partial charge >= 0.3 is 0 Å². The van der Waals surface area contributed by atoms with E-state index in [1.54, 1.807) is 12.5 Å². The molecule has 14 heavy (non-hydrogen) atoms. The molecule has 1 aromatic heterocycles. The molecule has 0 amide bonds. The van der Waals surface area contributed by atoms with Crippen molar-refractivity contribution < 1.29 is 14.3 Å². The van der Waals surface area contributed by atoms with E-state index in [1.165, 1.54) is 0 Å². The Balaban J connectivity index is 2.24. The maximum absolute atomic E-state index is 10.5. The van der Waals surface area contributed by atoms with E-state index in [4.69, 9.17) is 9.15 Å². The summed E-state index contributed by atoms with van der Waals surface area (Å²) in [6, 6.07) is 1.84. The van der Waals surface area contributed by atoms with Crippen LogP contribution in [0, 0.1) is 5.92 Å². The van der Waals surface area contributed by atoms with Crippen LogP contribution in [0.2, 0.25) is 0 Å². The molecular weight excluding hydrogens is 180 g/mol. The van der Waals surface area contributed by atoms with Gasteiger partial charge in [-0.15, -0.1) is 0 Å². The van der Waals surface area contributed by atoms with E-state index in [-0.39, 0.29) is 5.92 Å². The highest BCUT2D eigenvalue weighted by molar-refractivity contribution is 5.18. The van der Waals surface area contributed by atoms with Crippen LogP contribution in [-0.2, 0) is 10.3 Å². The van der Waals surface area contributed by atoms with Gasteiger partial charge in [-0.05, 0) is 18.9 Å². The van der Waals surface area contributed by atoms with Crippen LogP contribution in [0.5, 0.6) is 0 Å². The summed E-state index contributed by atoms with van der Waals surface area (Å²) in [6.07, 6.45) is 4.85. The predicted octanol–water partition coefficient (Wildman–Crippen LogP) is 1.91. The average molecular weight is 196 g/mol. The van der Waals surface area contributed by atoms with E-state index < -0.39 is 5.60 Å². The molecular formula is C11H16O3. The molecule has 1 saturated heterocycles. The van der Waals surface area contributed by atoms with Gasteiger partial charge in [0.2, 0.25) is 0 Å². The van der Waals surface area contributed by atoms with Crippen LogP contribution in [0.4, 0.5) is 0 Å². The van der Waals surface area contributed by atoms with Gasteiger partial charge in [0.25, 0.3) is 0 Å². The van der Waals surface area contributed by atoms with Crippen molar-refractivity contribution in [3.63, 3.8) is 0 Å². The first-order chi connectivity index (χ1) is 6.77. The van der Waals surface area contributed by atoms with E-state index >= 15 is 0 Å². The van der Waals surface area contributed by atoms with E-state index in [1.807, 2.05) is 13.0 Å². The quantitative estimate of drug-likeness (QED) is 0.803. The molecule has 1 aromatic rings. The fourth-order valence-corrected chi connectivity index (χ4v) is 2.15. The number of rotatable bonds is 3. The standard InChI is InChI=1S/C11H16O3/c1-2-11(12,9-3-5-13-7-9)10-4-6-14-8-10/h3,5,7,10,12H,2,4,6,8H2,1H3. The smallest absolute Gasteiger partial charge is 0.0975 e. The molecule has 2 heterocycles. The van der Waals surface area contributed by atoms with Crippen LogP contribution in [-0.4, -0.2) is 18.3 Å². The van der Waals surface area contributed by atoms with Gasteiger partial charge in [0.1, 0.15) is 0 Å². The fraction of sp³-hybridized carbons (Fsp3) is 0.636. The predicted molar refractivity (Wildman–Crippen MR) is 51.8 cm³/mol. The zero-order chi connectivity index (χ0) is 10.0. The van der Waals surface area contributed by atoms with Crippen LogP contribution in [0.3, 0.4) is 0 Å². The number of hydrogen-bond acceptors (Lipinski definition) is 3. The molecule has 1 aliphatic rings. The third kappa shape index (κ3) is 1.47. The summed E-state index contributed by atoms with van der Waals surface area (Å²) in [5.74, 6) is 0.199. The Morgan fingerprint density at radius 2 is 2.50 bits per heavy atom. The summed E-state index contributed by atoms with van der Waals surface area (Å²) in [6.45, 7) is 3.39. The lowest BCUT2D eigenvalue weighted by molar-refractivity contribution is -0.0311. The van der Waals surface area contributed by atoms with Gasteiger partial charge in [0.05, 0.1) is 24.7 Å². The molecule has 1 fully saturated rings. The summed E-state index contributed by atoms with van der Waals surface area (Å²) in [7, 11) is 0. The number of furan rings is 1. The molecule has 0 bridgehead atoms. The first-order valence-corrected chi connectivity index (χ1v) is 5.10. The largest absolute Gasteiger partial charge is 0.472 e. The van der Waals surface area contributed by atoms with Crippen molar-refractivity contribution in [3.05, 3.63) is 24.2 Å². The maximum atomic E-state index is 10.5. The summed E-state index contributed by atoms with van der Waals surface area (Å²) in [5.41, 5.74) is 0.0965. The normalized spacial score (nSPS) is 26.3. The van der Waals surface area contributed by atoms with E-state index in [0.29, 0.717) is 13.0 Å². The molecule has 2 atom stereocenters. The van der Waals surface area contributed by atoms with Crippen molar-refractivity contribution in [1.82, 2.24) is 0 Å². The monoisotopic (exact) mass is 196 g/mol. The average Bonchev–Trinajstić information content (AvgIpc) is 2.88. The second-order valence-electron chi connectivity index (χ2n) is 3.85. The van der Waals surface area contributed by atoms with Crippen molar-refractivity contribution in [2.45, 2.75) is 25.4 Å². The minimum Gasteiger partial charge on any atom is -0.472 e. The molecule has 78 valence electrons. The first kappa shape index (κ1) is 9.74. The summed E-state index contributed by atoms with van der Waals surface area (Å²) < 4.78 is 10.3. The highest BCUT2D eigenvalue weighted by Crippen LogP contribution is 2.37. The Kier molecular flexibility index (Phi) is 2.61. The Hall–Kier alpha value is -0.800. The molecule has 3 nitrogen and oxygen atoms in total. The van der Waals surface area contributed by atoms with Crippen molar-refractivity contribution in [3.8, 4) is 0 Å². The molecule has 0 aliphatic carbocycles. The molecule has 3 heteroatoms. The number of hydrogen-bond donors (Lipinski definition) is 1. The zero-order valence-corrected chi connectivity index (χ0v) is 8.40. The lowest BCUT2D eigenvalue weighted by Gasteiger charge is -2.31. The topological polar surface area (TPSA) is 42.6 Å². The number of ether oxygens (including phenoxy) is 1. The third-order valence-electron chi connectivity index (χ3n) is 3.17. The Morgan fingerprint density at radius 1 is 1.64 bits per heavy atom. The van der Waals surface area contributed by atoms with Gasteiger partial charge < -0.3 is 14.3 Å². The molecule has 0 radical (unpaired) electrons. The van der Waals surface area contributed by atoms with Crippen LogP contribution in [0.1, 0.15) is 25.3 Å². The van der Waals surface area contributed by atoms with Gasteiger partial charge in [-0.2, -0.15) is 0 Å². The highest BCUT2D eigenvalue weighted by Gasteiger charge is 2.39. The lowest BCUT2D eigenvalue weighted by Crippen LogP contribution is -2.34.